The zero-order valence-electron chi connectivity index (χ0n) is 13.1. The molecule has 1 amide bonds. The Morgan fingerprint density at radius 2 is 2.35 bits per heavy atom. The monoisotopic (exact) mass is 330 g/mol. The van der Waals surface area contributed by atoms with Crippen molar-refractivity contribution in [2.45, 2.75) is 20.4 Å². The minimum atomic E-state index is -0.134. The van der Waals surface area contributed by atoms with Crippen LogP contribution in [-0.4, -0.2) is 24.1 Å². The van der Waals surface area contributed by atoms with E-state index in [1.165, 1.54) is 0 Å². The highest BCUT2D eigenvalue weighted by Gasteiger charge is 2.18. The molecule has 0 unspecified atom stereocenters. The van der Waals surface area contributed by atoms with E-state index in [0.29, 0.717) is 18.7 Å². The van der Waals surface area contributed by atoms with Crippen molar-refractivity contribution in [3.63, 3.8) is 0 Å². The summed E-state index contributed by atoms with van der Waals surface area (Å²) in [5.41, 5.74) is 2.42. The lowest BCUT2D eigenvalue weighted by molar-refractivity contribution is -0.117. The highest BCUT2D eigenvalue weighted by molar-refractivity contribution is 7.09. The molecule has 0 atom stereocenters. The molecule has 2 aromatic rings. The van der Waals surface area contributed by atoms with Gasteiger partial charge in [0.25, 0.3) is 5.91 Å². The number of aryl methyl sites for hydroxylation is 1. The largest absolute Gasteiger partial charge is 0.494 e. The molecule has 0 saturated carbocycles. The van der Waals surface area contributed by atoms with Crippen LogP contribution in [0.1, 0.15) is 23.2 Å². The molecule has 3 rings (SSSR count). The number of amides is 1. The molecule has 0 aliphatic carbocycles. The van der Waals surface area contributed by atoms with Crippen LogP contribution in [0.2, 0.25) is 0 Å². The molecule has 1 N–H and O–H groups in total. The van der Waals surface area contributed by atoms with E-state index in [2.05, 4.69) is 10.3 Å². The Morgan fingerprint density at radius 1 is 1.48 bits per heavy atom. The van der Waals surface area contributed by atoms with Crippen LogP contribution < -0.4 is 14.8 Å². The fraction of sp³-hybridized carbons (Fsp3) is 0.294. The Bertz CT molecular complexity index is 752. The van der Waals surface area contributed by atoms with Crippen LogP contribution in [0.5, 0.6) is 11.5 Å². The first-order chi connectivity index (χ1) is 11.2. The van der Waals surface area contributed by atoms with Gasteiger partial charge >= 0.3 is 0 Å². The third-order valence-electron chi connectivity index (χ3n) is 3.36. The molecule has 0 fully saturated rings. The lowest BCUT2D eigenvalue weighted by Crippen LogP contribution is -2.28. The van der Waals surface area contributed by atoms with E-state index >= 15 is 0 Å². The topological polar surface area (TPSA) is 60.5 Å². The van der Waals surface area contributed by atoms with Crippen molar-refractivity contribution in [2.75, 3.05) is 13.2 Å². The Hall–Kier alpha value is -2.34. The second kappa shape index (κ2) is 6.83. The Kier molecular flexibility index (Phi) is 4.62. The maximum atomic E-state index is 12.3. The van der Waals surface area contributed by atoms with Crippen molar-refractivity contribution in [3.05, 3.63) is 45.4 Å². The minimum absolute atomic E-state index is 0.134. The second-order valence-electron chi connectivity index (χ2n) is 5.16. The zero-order valence-corrected chi connectivity index (χ0v) is 13.9. The van der Waals surface area contributed by atoms with Gasteiger partial charge in [0.05, 0.1) is 18.7 Å². The molecule has 1 aromatic heterocycles. The summed E-state index contributed by atoms with van der Waals surface area (Å²) in [5.74, 6) is 1.40. The van der Waals surface area contributed by atoms with Gasteiger partial charge < -0.3 is 14.8 Å². The number of benzene rings is 1. The molecular weight excluding hydrogens is 312 g/mol. The van der Waals surface area contributed by atoms with Crippen molar-refractivity contribution >= 4 is 23.3 Å². The second-order valence-corrected chi connectivity index (χ2v) is 6.10. The molecular formula is C17H18N2O3S. The lowest BCUT2D eigenvalue weighted by atomic mass is 10.1. The number of rotatable bonds is 5. The van der Waals surface area contributed by atoms with Crippen molar-refractivity contribution < 1.29 is 14.3 Å². The number of carbonyl (C=O) groups is 1. The molecule has 0 saturated heterocycles. The molecule has 1 aliphatic heterocycles. The number of ether oxygens (including phenoxy) is 2. The summed E-state index contributed by atoms with van der Waals surface area (Å²) in [4.78, 5) is 16.6. The van der Waals surface area contributed by atoms with Gasteiger partial charge in [0, 0.05) is 16.6 Å². The fourth-order valence-corrected chi connectivity index (χ4v) is 3.01. The molecule has 120 valence electrons. The number of carbonyl (C=O) groups excluding carboxylic acids is 1. The first kappa shape index (κ1) is 15.6. The van der Waals surface area contributed by atoms with Crippen LogP contribution in [0, 0.1) is 6.92 Å². The number of nitrogens with one attached hydrogen (secondary N) is 1. The lowest BCUT2D eigenvalue weighted by Gasteiger charge is -2.18. The highest BCUT2D eigenvalue weighted by Crippen LogP contribution is 2.30. The molecule has 2 heterocycles. The number of nitrogens with zero attached hydrogens (tertiary/aromatic N) is 1. The average Bonchev–Trinajstić information content (AvgIpc) is 2.98. The minimum Gasteiger partial charge on any atom is -0.494 e. The standard InChI is InChI=1S/C17H18N2O3S/c1-3-21-14-4-5-15-12(7-14)6-13(9-22-15)17(20)18-8-16-19-11(2)10-23-16/h4-7,10H,3,8-9H2,1-2H3,(H,18,20). The smallest absolute Gasteiger partial charge is 0.251 e. The first-order valence-corrected chi connectivity index (χ1v) is 8.33. The van der Waals surface area contributed by atoms with Crippen LogP contribution in [0.25, 0.3) is 6.08 Å². The average molecular weight is 330 g/mol. The zero-order chi connectivity index (χ0) is 16.2. The summed E-state index contributed by atoms with van der Waals surface area (Å²) in [7, 11) is 0. The van der Waals surface area contributed by atoms with Gasteiger partial charge in [-0.3, -0.25) is 4.79 Å². The quantitative estimate of drug-likeness (QED) is 0.916. The highest BCUT2D eigenvalue weighted by atomic mass is 32.1. The Morgan fingerprint density at radius 3 is 3.09 bits per heavy atom. The summed E-state index contributed by atoms with van der Waals surface area (Å²) < 4.78 is 11.1. The number of aromatic nitrogens is 1. The number of hydrogen-bond acceptors (Lipinski definition) is 5. The number of hydrogen-bond donors (Lipinski definition) is 1. The van der Waals surface area contributed by atoms with Crippen LogP contribution in [0.15, 0.2) is 29.2 Å². The van der Waals surface area contributed by atoms with Gasteiger partial charge in [-0.25, -0.2) is 4.98 Å². The van der Waals surface area contributed by atoms with Gasteiger partial charge in [-0.1, -0.05) is 0 Å². The number of thiazole rings is 1. The molecule has 0 bridgehead atoms. The summed E-state index contributed by atoms with van der Waals surface area (Å²) in [6, 6.07) is 5.62. The summed E-state index contributed by atoms with van der Waals surface area (Å²) >= 11 is 1.54. The first-order valence-electron chi connectivity index (χ1n) is 7.45. The maximum absolute atomic E-state index is 12.3. The molecule has 6 heteroatoms. The Labute approximate surface area is 139 Å². The summed E-state index contributed by atoms with van der Waals surface area (Å²) in [6.45, 7) is 5.17. The van der Waals surface area contributed by atoms with E-state index in [-0.39, 0.29) is 12.5 Å². The predicted octanol–water partition coefficient (Wildman–Crippen LogP) is 2.94. The number of fused-ring (bicyclic) bond motifs is 1. The molecule has 0 radical (unpaired) electrons. The van der Waals surface area contributed by atoms with E-state index in [0.717, 1.165) is 27.8 Å². The van der Waals surface area contributed by atoms with Gasteiger partial charge in [0.2, 0.25) is 0 Å². The van der Waals surface area contributed by atoms with Crippen molar-refractivity contribution in [1.82, 2.24) is 10.3 Å². The van der Waals surface area contributed by atoms with Crippen LogP contribution in [-0.2, 0) is 11.3 Å². The van der Waals surface area contributed by atoms with E-state index in [4.69, 9.17) is 9.47 Å². The summed E-state index contributed by atoms with van der Waals surface area (Å²) in [5, 5.41) is 5.75. The van der Waals surface area contributed by atoms with E-state index in [1.54, 1.807) is 11.3 Å². The molecule has 1 aromatic carbocycles. The predicted molar refractivity (Wildman–Crippen MR) is 89.8 cm³/mol. The molecule has 1 aliphatic rings. The molecule has 0 spiro atoms. The van der Waals surface area contributed by atoms with E-state index in [9.17, 15) is 4.79 Å². The van der Waals surface area contributed by atoms with Gasteiger partial charge in [-0.2, -0.15) is 0 Å². The van der Waals surface area contributed by atoms with Crippen LogP contribution in [0.4, 0.5) is 0 Å². The summed E-state index contributed by atoms with van der Waals surface area (Å²) in [6.07, 6.45) is 1.85. The normalized spacial score (nSPS) is 12.9. The molecule has 23 heavy (non-hydrogen) atoms. The van der Waals surface area contributed by atoms with Crippen molar-refractivity contribution in [1.29, 1.82) is 0 Å². The maximum Gasteiger partial charge on any atom is 0.251 e. The molecule has 5 nitrogen and oxygen atoms in total. The van der Waals surface area contributed by atoms with Gasteiger partial charge in [-0.15, -0.1) is 11.3 Å². The van der Waals surface area contributed by atoms with Gasteiger partial charge in [0.15, 0.2) is 0 Å². The van der Waals surface area contributed by atoms with Crippen molar-refractivity contribution in [3.8, 4) is 11.5 Å². The van der Waals surface area contributed by atoms with Gasteiger partial charge in [-0.05, 0) is 38.1 Å². The van der Waals surface area contributed by atoms with E-state index in [1.807, 2.05) is 43.5 Å². The van der Waals surface area contributed by atoms with Gasteiger partial charge in [0.1, 0.15) is 23.1 Å². The van der Waals surface area contributed by atoms with Crippen LogP contribution >= 0.6 is 11.3 Å². The Balaban J connectivity index is 1.70. The third kappa shape index (κ3) is 3.71. The van der Waals surface area contributed by atoms with Crippen molar-refractivity contribution in [2.24, 2.45) is 0 Å². The van der Waals surface area contributed by atoms with Crippen LogP contribution in [0.3, 0.4) is 0 Å². The SMILES string of the molecule is CCOc1ccc2c(c1)C=C(C(=O)NCc1nc(C)cs1)CO2. The third-order valence-corrected chi connectivity index (χ3v) is 4.33. The van der Waals surface area contributed by atoms with E-state index < -0.39 is 0 Å². The fourth-order valence-electron chi connectivity index (χ4n) is 2.30.